The largest absolute Gasteiger partial charge is 0.772 e. The van der Waals surface area contributed by atoms with Crippen molar-refractivity contribution in [2.24, 2.45) is 0 Å². The van der Waals surface area contributed by atoms with Crippen molar-refractivity contribution < 1.29 is 27.8 Å². The van der Waals surface area contributed by atoms with E-state index < -0.39 is 28.9 Å². The molecule has 0 aromatic heterocycles. The van der Waals surface area contributed by atoms with Gasteiger partial charge in [-0.15, -0.1) is 0 Å². The minimum Gasteiger partial charge on any atom is -0.772 e. The molecule has 0 aliphatic carbocycles. The fraction of sp³-hybridized carbons (Fsp3) is 0.300. The summed E-state index contributed by atoms with van der Waals surface area (Å²) in [5.74, 6) is -0.333. The van der Waals surface area contributed by atoms with Crippen molar-refractivity contribution in [3.8, 4) is 11.5 Å². The van der Waals surface area contributed by atoms with Crippen LogP contribution < -0.4 is 15.2 Å². The van der Waals surface area contributed by atoms with E-state index in [2.05, 4.69) is 0 Å². The fourth-order valence-electron chi connectivity index (χ4n) is 3.43. The smallest absolute Gasteiger partial charge is 0.264 e. The molecule has 29 heavy (non-hydrogen) atoms. The molecule has 0 bridgehead atoms. The van der Waals surface area contributed by atoms with Gasteiger partial charge in [0.15, 0.2) is 11.5 Å². The number of anilines is 1. The Morgan fingerprint density at radius 3 is 2.55 bits per heavy atom. The number of ether oxygens (including phenoxy) is 2. The Hall–Kier alpha value is -2.91. The van der Waals surface area contributed by atoms with Crippen molar-refractivity contribution in [2.75, 3.05) is 25.2 Å². The molecule has 1 aliphatic heterocycles. The first-order valence-corrected chi connectivity index (χ1v) is 10.3. The molecule has 0 fully saturated rings. The van der Waals surface area contributed by atoms with Gasteiger partial charge in [-0.1, -0.05) is 23.2 Å². The highest BCUT2D eigenvalue weighted by atomic mass is 32.2. The number of nitrogens with two attached hydrogens (primary N) is 1. The number of rotatable bonds is 8. The van der Waals surface area contributed by atoms with Crippen LogP contribution in [0.3, 0.4) is 0 Å². The van der Waals surface area contributed by atoms with Crippen molar-refractivity contribution in [3.05, 3.63) is 53.1 Å². The maximum Gasteiger partial charge on any atom is 0.264 e. The number of hydrogen-bond donors (Lipinski definition) is 1. The Balaban J connectivity index is 2.06. The lowest BCUT2D eigenvalue weighted by atomic mass is 10.0. The summed E-state index contributed by atoms with van der Waals surface area (Å²) in [7, 11) is 1.50. The molecule has 0 spiro atoms. The standard InChI is InChI=1S/C20H22N2O6S/c1-3-28-17-11-12(7-8-16(17)27-2)15(9-10-29(25)26)22-19(23)13-5-4-6-14(21)18(13)20(22)24/h4-8,11,15H,3,9-10,21H2,1-2H3,(H,25,26)/p-1/t15-/m0/s1. The first-order valence-electron chi connectivity index (χ1n) is 9.02. The summed E-state index contributed by atoms with van der Waals surface area (Å²) in [5.41, 5.74) is 7.04. The van der Waals surface area contributed by atoms with Crippen molar-refractivity contribution in [1.29, 1.82) is 0 Å². The highest BCUT2D eigenvalue weighted by Crippen LogP contribution is 2.38. The third-order valence-electron chi connectivity index (χ3n) is 4.72. The molecule has 8 nitrogen and oxygen atoms in total. The summed E-state index contributed by atoms with van der Waals surface area (Å²) in [6.45, 7) is 2.20. The predicted molar refractivity (Wildman–Crippen MR) is 107 cm³/mol. The van der Waals surface area contributed by atoms with Crippen molar-refractivity contribution in [1.82, 2.24) is 4.90 Å². The molecular weight excluding hydrogens is 396 g/mol. The molecular formula is C20H21N2O6S-. The van der Waals surface area contributed by atoms with E-state index in [1.807, 2.05) is 6.92 Å². The maximum absolute atomic E-state index is 13.0. The normalized spacial score (nSPS) is 15.2. The number of imide groups is 1. The van der Waals surface area contributed by atoms with Crippen LogP contribution in [0, 0.1) is 0 Å². The van der Waals surface area contributed by atoms with Crippen LogP contribution in [0.1, 0.15) is 45.7 Å². The number of carbonyl (C=O) groups excluding carboxylic acids is 2. The van der Waals surface area contributed by atoms with Crippen LogP contribution in [-0.2, 0) is 11.1 Å². The molecule has 2 aromatic rings. The molecule has 2 atom stereocenters. The zero-order valence-corrected chi connectivity index (χ0v) is 16.9. The van der Waals surface area contributed by atoms with E-state index in [0.29, 0.717) is 23.7 Å². The second-order valence-corrected chi connectivity index (χ2v) is 7.42. The van der Waals surface area contributed by atoms with E-state index >= 15 is 0 Å². The van der Waals surface area contributed by atoms with E-state index in [4.69, 9.17) is 15.2 Å². The van der Waals surface area contributed by atoms with Crippen LogP contribution in [-0.4, -0.2) is 44.9 Å². The molecule has 1 aliphatic rings. The number of nitrogens with zero attached hydrogens (tertiary/aromatic N) is 1. The summed E-state index contributed by atoms with van der Waals surface area (Å²) in [4.78, 5) is 27.1. The summed E-state index contributed by atoms with van der Waals surface area (Å²) in [6, 6.07) is 8.90. The lowest BCUT2D eigenvalue weighted by Gasteiger charge is -2.28. The SMILES string of the molecule is CCOc1cc([C@H](CCS(=O)[O-])N2C(=O)c3cccc(N)c3C2=O)ccc1OC. The lowest BCUT2D eigenvalue weighted by Crippen LogP contribution is -2.35. The number of nitrogen functional groups attached to an aromatic ring is 1. The van der Waals surface area contributed by atoms with Gasteiger partial charge in [-0.25, -0.2) is 0 Å². The predicted octanol–water partition coefficient (Wildman–Crippen LogP) is 2.28. The zero-order valence-electron chi connectivity index (χ0n) is 16.0. The number of fused-ring (bicyclic) bond motifs is 1. The molecule has 1 heterocycles. The molecule has 2 aromatic carbocycles. The maximum atomic E-state index is 13.0. The second kappa shape index (κ2) is 8.62. The van der Waals surface area contributed by atoms with Gasteiger partial charge in [0.2, 0.25) is 0 Å². The van der Waals surface area contributed by atoms with E-state index in [0.717, 1.165) is 4.90 Å². The molecule has 0 saturated carbocycles. The lowest BCUT2D eigenvalue weighted by molar-refractivity contribution is 0.0578. The van der Waals surface area contributed by atoms with Gasteiger partial charge in [-0.3, -0.25) is 18.7 Å². The van der Waals surface area contributed by atoms with E-state index in [9.17, 15) is 18.4 Å². The highest BCUT2D eigenvalue weighted by molar-refractivity contribution is 7.79. The molecule has 0 saturated heterocycles. The first-order chi connectivity index (χ1) is 13.9. The van der Waals surface area contributed by atoms with Gasteiger partial charge in [0.25, 0.3) is 11.8 Å². The number of benzene rings is 2. The van der Waals surface area contributed by atoms with Gasteiger partial charge in [0.1, 0.15) is 0 Å². The minimum atomic E-state index is -2.33. The second-order valence-electron chi connectivity index (χ2n) is 6.41. The Morgan fingerprint density at radius 1 is 1.17 bits per heavy atom. The summed E-state index contributed by atoms with van der Waals surface area (Å²) < 4.78 is 33.3. The van der Waals surface area contributed by atoms with Crippen molar-refractivity contribution in [3.63, 3.8) is 0 Å². The Kier molecular flexibility index (Phi) is 6.19. The molecule has 2 amide bonds. The third kappa shape index (κ3) is 3.96. The average molecular weight is 417 g/mol. The molecule has 0 radical (unpaired) electrons. The minimum absolute atomic E-state index is 0.0410. The number of carbonyl (C=O) groups is 2. The third-order valence-corrected chi connectivity index (χ3v) is 5.29. The fourth-order valence-corrected chi connectivity index (χ4v) is 3.85. The van der Waals surface area contributed by atoms with Crippen LogP contribution in [0.5, 0.6) is 11.5 Å². The Bertz CT molecular complexity index is 977. The van der Waals surface area contributed by atoms with Gasteiger partial charge >= 0.3 is 0 Å². The van der Waals surface area contributed by atoms with Crippen molar-refractivity contribution in [2.45, 2.75) is 19.4 Å². The number of methoxy groups -OCH3 is 1. The molecule has 9 heteroatoms. The quantitative estimate of drug-likeness (QED) is 0.397. The van der Waals surface area contributed by atoms with Gasteiger partial charge in [-0.2, -0.15) is 0 Å². The first kappa shape index (κ1) is 20.8. The number of hydrogen-bond acceptors (Lipinski definition) is 7. The van der Waals surface area contributed by atoms with Gasteiger partial charge < -0.3 is 19.8 Å². The van der Waals surface area contributed by atoms with Crippen LogP contribution in [0.2, 0.25) is 0 Å². The summed E-state index contributed by atoms with van der Waals surface area (Å²) >= 11 is -2.33. The van der Waals surface area contributed by atoms with Crippen LogP contribution in [0.25, 0.3) is 0 Å². The average Bonchev–Trinajstić information content (AvgIpc) is 2.94. The topological polar surface area (TPSA) is 122 Å². The van der Waals surface area contributed by atoms with Gasteiger partial charge in [-0.05, 0) is 43.2 Å². The van der Waals surface area contributed by atoms with Crippen molar-refractivity contribution >= 4 is 28.6 Å². The summed E-state index contributed by atoms with van der Waals surface area (Å²) in [5, 5.41) is 0. The molecule has 2 N–H and O–H groups in total. The molecule has 3 rings (SSSR count). The Morgan fingerprint density at radius 2 is 1.93 bits per heavy atom. The highest BCUT2D eigenvalue weighted by Gasteiger charge is 2.41. The summed E-state index contributed by atoms with van der Waals surface area (Å²) in [6.07, 6.45) is 0.0410. The monoisotopic (exact) mass is 417 g/mol. The van der Waals surface area contributed by atoms with Gasteiger partial charge in [0.05, 0.1) is 30.9 Å². The molecule has 1 unspecified atom stereocenters. The van der Waals surface area contributed by atoms with E-state index in [1.165, 1.54) is 13.2 Å². The van der Waals surface area contributed by atoms with E-state index in [-0.39, 0.29) is 29.0 Å². The Labute approximate surface area is 170 Å². The zero-order chi connectivity index (χ0) is 21.1. The number of amides is 2. The van der Waals surface area contributed by atoms with E-state index in [1.54, 1.807) is 30.3 Å². The molecule has 154 valence electrons. The van der Waals surface area contributed by atoms with Gasteiger partial charge in [0, 0.05) is 11.4 Å². The van der Waals surface area contributed by atoms with Crippen LogP contribution >= 0.6 is 0 Å². The van der Waals surface area contributed by atoms with Crippen LogP contribution in [0.15, 0.2) is 36.4 Å². The van der Waals surface area contributed by atoms with Crippen LogP contribution in [0.4, 0.5) is 5.69 Å².